The summed E-state index contributed by atoms with van der Waals surface area (Å²) in [6.45, 7) is 2.37. The average molecular weight is 242 g/mol. The number of aliphatic hydroxyl groups is 1. The molecule has 2 amide bonds. The van der Waals surface area contributed by atoms with Crippen LogP contribution in [0.3, 0.4) is 0 Å². The Morgan fingerprint density at radius 2 is 2.12 bits per heavy atom. The quantitative estimate of drug-likeness (QED) is 0.720. The van der Waals surface area contributed by atoms with Gasteiger partial charge in [0.25, 0.3) is 0 Å². The van der Waals surface area contributed by atoms with E-state index in [1.807, 2.05) is 0 Å². The highest BCUT2D eigenvalue weighted by Crippen LogP contribution is 2.25. The van der Waals surface area contributed by atoms with Crippen LogP contribution in [0.4, 0.5) is 0 Å². The molecule has 0 heterocycles. The first-order valence-electron chi connectivity index (χ1n) is 6.23. The molecular weight excluding hydrogens is 220 g/mol. The molecule has 0 aromatic carbocycles. The summed E-state index contributed by atoms with van der Waals surface area (Å²) < 4.78 is 0. The summed E-state index contributed by atoms with van der Waals surface area (Å²) >= 11 is 0. The Hall–Kier alpha value is -1.10. The van der Waals surface area contributed by atoms with Crippen molar-refractivity contribution in [1.29, 1.82) is 0 Å². The van der Waals surface area contributed by atoms with E-state index < -0.39 is 0 Å². The maximum Gasteiger partial charge on any atom is 0.241 e. The number of rotatable bonds is 5. The van der Waals surface area contributed by atoms with Crippen molar-refractivity contribution in [2.45, 2.75) is 38.7 Å². The van der Waals surface area contributed by atoms with Gasteiger partial charge in [0.2, 0.25) is 11.8 Å². The highest BCUT2D eigenvalue weighted by molar-refractivity contribution is 5.84. The van der Waals surface area contributed by atoms with Crippen molar-refractivity contribution < 1.29 is 14.7 Å². The van der Waals surface area contributed by atoms with E-state index in [0.29, 0.717) is 13.0 Å². The average Bonchev–Trinajstić information content (AvgIpc) is 2.71. The molecule has 2 atom stereocenters. The van der Waals surface area contributed by atoms with Gasteiger partial charge in [0, 0.05) is 25.9 Å². The highest BCUT2D eigenvalue weighted by Gasteiger charge is 2.27. The third kappa shape index (κ3) is 4.34. The number of nitrogens with zero attached hydrogens (tertiary/aromatic N) is 1. The molecule has 0 aromatic rings. The molecule has 5 nitrogen and oxygen atoms in total. The Balaban J connectivity index is 2.29. The summed E-state index contributed by atoms with van der Waals surface area (Å²) in [5.74, 6) is -0.0376. The number of aliphatic hydroxyl groups excluding tert-OH is 1. The van der Waals surface area contributed by atoms with Crippen molar-refractivity contribution in [1.82, 2.24) is 10.2 Å². The molecule has 0 saturated heterocycles. The lowest BCUT2D eigenvalue weighted by atomic mass is 10.1. The lowest BCUT2D eigenvalue weighted by molar-refractivity contribution is -0.132. The first-order valence-corrected chi connectivity index (χ1v) is 6.23. The molecule has 17 heavy (non-hydrogen) atoms. The summed E-state index contributed by atoms with van der Waals surface area (Å²) in [4.78, 5) is 24.3. The molecule has 0 aliphatic heterocycles. The Bertz CT molecular complexity index is 281. The van der Waals surface area contributed by atoms with Gasteiger partial charge in [-0.05, 0) is 12.8 Å². The SMILES string of the molecule is CCC(=O)NCC(=O)N(C)CC1CCCC1O. The summed E-state index contributed by atoms with van der Waals surface area (Å²) in [5, 5.41) is 12.2. The number of carbonyl (C=O) groups excluding carboxylic acids is 2. The normalized spacial score (nSPS) is 23.5. The Labute approximate surface area is 102 Å². The van der Waals surface area contributed by atoms with Gasteiger partial charge < -0.3 is 15.3 Å². The van der Waals surface area contributed by atoms with E-state index >= 15 is 0 Å². The highest BCUT2D eigenvalue weighted by atomic mass is 16.3. The fourth-order valence-electron chi connectivity index (χ4n) is 2.12. The van der Waals surface area contributed by atoms with Gasteiger partial charge in [0.15, 0.2) is 0 Å². The summed E-state index contributed by atoms with van der Waals surface area (Å²) in [6.07, 6.45) is 2.94. The predicted octanol–water partition coefficient (Wildman–Crippen LogP) is 0.132. The molecule has 98 valence electrons. The van der Waals surface area contributed by atoms with Gasteiger partial charge >= 0.3 is 0 Å². The molecule has 0 bridgehead atoms. The van der Waals surface area contributed by atoms with E-state index in [1.165, 1.54) is 0 Å². The topological polar surface area (TPSA) is 69.6 Å². The maximum absolute atomic E-state index is 11.7. The molecule has 0 spiro atoms. The molecule has 1 aliphatic carbocycles. The van der Waals surface area contributed by atoms with Crippen molar-refractivity contribution >= 4 is 11.8 Å². The van der Waals surface area contributed by atoms with Crippen LogP contribution in [0.15, 0.2) is 0 Å². The molecule has 2 unspecified atom stereocenters. The zero-order valence-corrected chi connectivity index (χ0v) is 10.6. The van der Waals surface area contributed by atoms with E-state index in [2.05, 4.69) is 5.32 Å². The molecule has 0 aromatic heterocycles. The first kappa shape index (κ1) is 14.0. The number of hydrogen-bond donors (Lipinski definition) is 2. The third-order valence-corrected chi connectivity index (χ3v) is 3.31. The van der Waals surface area contributed by atoms with Gasteiger partial charge in [-0.1, -0.05) is 13.3 Å². The van der Waals surface area contributed by atoms with Gasteiger partial charge in [-0.25, -0.2) is 0 Å². The molecule has 1 rings (SSSR count). The van der Waals surface area contributed by atoms with Gasteiger partial charge in [0.1, 0.15) is 0 Å². The number of carbonyl (C=O) groups is 2. The van der Waals surface area contributed by atoms with Crippen molar-refractivity contribution in [3.05, 3.63) is 0 Å². The van der Waals surface area contributed by atoms with E-state index in [9.17, 15) is 14.7 Å². The van der Waals surface area contributed by atoms with Crippen LogP contribution in [0.25, 0.3) is 0 Å². The van der Waals surface area contributed by atoms with Crippen LogP contribution in [0.1, 0.15) is 32.6 Å². The number of likely N-dealkylation sites (N-methyl/N-ethyl adjacent to an activating group) is 1. The van der Waals surface area contributed by atoms with Crippen LogP contribution in [0, 0.1) is 5.92 Å². The van der Waals surface area contributed by atoms with Crippen molar-refractivity contribution in [3.8, 4) is 0 Å². The van der Waals surface area contributed by atoms with Gasteiger partial charge in [-0.2, -0.15) is 0 Å². The number of hydrogen-bond acceptors (Lipinski definition) is 3. The fraction of sp³-hybridized carbons (Fsp3) is 0.833. The van der Waals surface area contributed by atoms with Crippen LogP contribution in [0.2, 0.25) is 0 Å². The Morgan fingerprint density at radius 1 is 1.41 bits per heavy atom. The molecular formula is C12H22N2O3. The minimum absolute atomic E-state index is 0.0476. The van der Waals surface area contributed by atoms with Crippen molar-refractivity contribution in [2.75, 3.05) is 20.1 Å². The second-order valence-electron chi connectivity index (χ2n) is 4.66. The molecule has 5 heteroatoms. The Morgan fingerprint density at radius 3 is 2.65 bits per heavy atom. The Kier molecular flexibility index (Phi) is 5.41. The second-order valence-corrected chi connectivity index (χ2v) is 4.66. The van der Waals surface area contributed by atoms with Crippen LogP contribution in [-0.4, -0.2) is 48.1 Å². The van der Waals surface area contributed by atoms with E-state index in [4.69, 9.17) is 0 Å². The van der Waals surface area contributed by atoms with Crippen molar-refractivity contribution in [3.63, 3.8) is 0 Å². The van der Waals surface area contributed by atoms with Crippen LogP contribution >= 0.6 is 0 Å². The van der Waals surface area contributed by atoms with E-state index in [-0.39, 0.29) is 30.4 Å². The second kappa shape index (κ2) is 6.59. The lowest BCUT2D eigenvalue weighted by Gasteiger charge is -2.23. The number of nitrogens with one attached hydrogen (secondary N) is 1. The summed E-state index contributed by atoms with van der Waals surface area (Å²) in [6, 6.07) is 0. The molecule has 0 radical (unpaired) electrons. The largest absolute Gasteiger partial charge is 0.393 e. The standard InChI is InChI=1S/C12H22N2O3/c1-3-11(16)13-7-12(17)14(2)8-9-5-4-6-10(9)15/h9-10,15H,3-8H2,1-2H3,(H,13,16). The van der Waals surface area contributed by atoms with Crippen LogP contribution < -0.4 is 5.32 Å². The first-order chi connectivity index (χ1) is 8.04. The maximum atomic E-state index is 11.7. The van der Waals surface area contributed by atoms with Crippen molar-refractivity contribution in [2.24, 2.45) is 5.92 Å². The zero-order chi connectivity index (χ0) is 12.8. The minimum Gasteiger partial charge on any atom is -0.393 e. The summed E-state index contributed by atoms with van der Waals surface area (Å²) in [7, 11) is 1.71. The third-order valence-electron chi connectivity index (χ3n) is 3.31. The van der Waals surface area contributed by atoms with Gasteiger partial charge in [-0.15, -0.1) is 0 Å². The predicted molar refractivity (Wildman–Crippen MR) is 64.3 cm³/mol. The zero-order valence-electron chi connectivity index (χ0n) is 10.6. The molecule has 1 aliphatic rings. The van der Waals surface area contributed by atoms with E-state index in [0.717, 1.165) is 19.3 Å². The smallest absolute Gasteiger partial charge is 0.241 e. The summed E-state index contributed by atoms with van der Waals surface area (Å²) in [5.41, 5.74) is 0. The fourth-order valence-corrected chi connectivity index (χ4v) is 2.12. The van der Waals surface area contributed by atoms with Crippen LogP contribution in [0.5, 0.6) is 0 Å². The minimum atomic E-state index is -0.282. The number of amides is 2. The molecule has 1 fully saturated rings. The molecule has 2 N–H and O–H groups in total. The lowest BCUT2D eigenvalue weighted by Crippen LogP contribution is -2.41. The molecule has 1 saturated carbocycles. The van der Waals surface area contributed by atoms with Crippen LogP contribution in [-0.2, 0) is 9.59 Å². The van der Waals surface area contributed by atoms with Gasteiger partial charge in [0.05, 0.1) is 12.6 Å². The van der Waals surface area contributed by atoms with E-state index in [1.54, 1.807) is 18.9 Å². The monoisotopic (exact) mass is 242 g/mol. The van der Waals surface area contributed by atoms with Gasteiger partial charge in [-0.3, -0.25) is 9.59 Å².